The largest absolute Gasteiger partial charge is 0.464 e. The van der Waals surface area contributed by atoms with Crippen LogP contribution in [0.5, 0.6) is 0 Å². The van der Waals surface area contributed by atoms with Crippen LogP contribution in [0.25, 0.3) is 0 Å². The third-order valence-corrected chi connectivity index (χ3v) is 1.68. The zero-order valence-electron chi connectivity index (χ0n) is 8.37. The number of hydrogen-bond donors (Lipinski definition) is 3. The molecule has 7 heteroatoms. The topological polar surface area (TPSA) is 128 Å². The fourth-order valence-corrected chi connectivity index (χ4v) is 0.985. The highest BCUT2D eigenvalue weighted by atomic mass is 16.5. The molecule has 0 aliphatic rings. The van der Waals surface area contributed by atoms with E-state index < -0.39 is 5.97 Å². The smallest absolute Gasteiger partial charge is 0.360 e. The van der Waals surface area contributed by atoms with Gasteiger partial charge in [0, 0.05) is 0 Å². The lowest BCUT2D eigenvalue weighted by Crippen LogP contribution is -2.16. The average molecular weight is 209 g/mol. The summed E-state index contributed by atoms with van der Waals surface area (Å²) in [6.07, 6.45) is 0. The molecule has 1 aromatic heterocycles. The molecule has 7 nitrogen and oxygen atoms in total. The quantitative estimate of drug-likeness (QED) is 0.457. The molecule has 1 heterocycles. The Morgan fingerprint density at radius 3 is 2.27 bits per heavy atom. The van der Waals surface area contributed by atoms with Gasteiger partial charge in [-0.2, -0.15) is 0 Å². The van der Waals surface area contributed by atoms with Gasteiger partial charge in [0.15, 0.2) is 17.3 Å². The van der Waals surface area contributed by atoms with E-state index in [0.29, 0.717) is 0 Å². The summed E-state index contributed by atoms with van der Waals surface area (Å²) in [4.78, 5) is 18.8. The molecule has 0 unspecified atom stereocenters. The molecule has 0 saturated heterocycles. The molecule has 15 heavy (non-hydrogen) atoms. The summed E-state index contributed by atoms with van der Waals surface area (Å²) in [5, 5.41) is 7.37. The fraction of sp³-hybridized carbons (Fsp3) is 0.250. The number of aromatic nitrogens is 2. The zero-order valence-corrected chi connectivity index (χ0v) is 8.37. The lowest BCUT2D eigenvalue weighted by atomic mass is 10.2. The SMILES string of the molecule is COC(=O)c1nc(C(C)=N)c(N)nc1N. The molecule has 0 aliphatic heterocycles. The number of nitrogens with zero attached hydrogens (tertiary/aromatic N) is 2. The maximum Gasteiger partial charge on any atom is 0.360 e. The number of carbonyl (C=O) groups excluding carboxylic acids is 1. The molecule has 0 bridgehead atoms. The zero-order chi connectivity index (χ0) is 11.6. The van der Waals surface area contributed by atoms with Crippen molar-refractivity contribution < 1.29 is 9.53 Å². The number of ether oxygens (including phenoxy) is 1. The van der Waals surface area contributed by atoms with Crippen molar-refractivity contribution in [3.05, 3.63) is 11.4 Å². The minimum atomic E-state index is -0.706. The number of methoxy groups -OCH3 is 1. The first-order valence-corrected chi connectivity index (χ1v) is 4.04. The Morgan fingerprint density at radius 1 is 1.27 bits per heavy atom. The Hall–Kier alpha value is -2.18. The van der Waals surface area contributed by atoms with Crippen LogP contribution in [0.3, 0.4) is 0 Å². The summed E-state index contributed by atoms with van der Waals surface area (Å²) < 4.78 is 4.46. The van der Waals surface area contributed by atoms with Crippen molar-refractivity contribution in [2.75, 3.05) is 18.6 Å². The van der Waals surface area contributed by atoms with E-state index in [1.54, 1.807) is 0 Å². The summed E-state index contributed by atoms with van der Waals surface area (Å²) in [5.41, 5.74) is 11.0. The molecule has 0 fully saturated rings. The first kappa shape index (κ1) is 10.9. The highest BCUT2D eigenvalue weighted by Crippen LogP contribution is 2.13. The van der Waals surface area contributed by atoms with Crippen molar-refractivity contribution in [3.63, 3.8) is 0 Å². The van der Waals surface area contributed by atoms with E-state index in [-0.39, 0.29) is 28.7 Å². The molecule has 80 valence electrons. The molecule has 0 saturated carbocycles. The van der Waals surface area contributed by atoms with Crippen LogP contribution >= 0.6 is 0 Å². The van der Waals surface area contributed by atoms with Gasteiger partial charge < -0.3 is 21.6 Å². The molecule has 0 aromatic carbocycles. The van der Waals surface area contributed by atoms with Gasteiger partial charge in [-0.05, 0) is 6.92 Å². The van der Waals surface area contributed by atoms with E-state index in [1.165, 1.54) is 14.0 Å². The summed E-state index contributed by atoms with van der Waals surface area (Å²) in [7, 11) is 1.21. The van der Waals surface area contributed by atoms with Gasteiger partial charge in [0.2, 0.25) is 0 Å². The second-order valence-corrected chi connectivity index (χ2v) is 2.81. The second-order valence-electron chi connectivity index (χ2n) is 2.81. The molecule has 0 radical (unpaired) electrons. The van der Waals surface area contributed by atoms with Crippen molar-refractivity contribution in [2.24, 2.45) is 0 Å². The van der Waals surface area contributed by atoms with Gasteiger partial charge in [-0.15, -0.1) is 0 Å². The van der Waals surface area contributed by atoms with Crippen LogP contribution in [0.4, 0.5) is 11.6 Å². The van der Waals surface area contributed by atoms with E-state index in [0.717, 1.165) is 0 Å². The normalized spacial score (nSPS) is 9.73. The molecule has 1 rings (SSSR count). The van der Waals surface area contributed by atoms with Crippen LogP contribution < -0.4 is 11.5 Å². The third kappa shape index (κ3) is 2.01. The molecule has 5 N–H and O–H groups in total. The van der Waals surface area contributed by atoms with Crippen LogP contribution in [-0.2, 0) is 4.74 Å². The number of rotatable bonds is 2. The summed E-state index contributed by atoms with van der Waals surface area (Å²) in [6.45, 7) is 1.48. The van der Waals surface area contributed by atoms with Crippen LogP contribution in [0.1, 0.15) is 23.1 Å². The van der Waals surface area contributed by atoms with Gasteiger partial charge >= 0.3 is 5.97 Å². The predicted octanol–water partition coefficient (Wildman–Crippen LogP) is -0.185. The third-order valence-electron chi connectivity index (χ3n) is 1.68. The number of carbonyl (C=O) groups is 1. The second kappa shape index (κ2) is 3.91. The highest BCUT2D eigenvalue weighted by molar-refractivity contribution is 6.00. The minimum absolute atomic E-state index is 0.0210. The lowest BCUT2D eigenvalue weighted by Gasteiger charge is -2.06. The Morgan fingerprint density at radius 2 is 1.80 bits per heavy atom. The van der Waals surface area contributed by atoms with Gasteiger partial charge in [-0.1, -0.05) is 0 Å². The van der Waals surface area contributed by atoms with E-state index in [4.69, 9.17) is 16.9 Å². The lowest BCUT2D eigenvalue weighted by molar-refractivity contribution is 0.0595. The van der Waals surface area contributed by atoms with Crippen LogP contribution in [-0.4, -0.2) is 28.8 Å². The minimum Gasteiger partial charge on any atom is -0.464 e. The summed E-state index contributed by atoms with van der Waals surface area (Å²) in [5.74, 6) is -0.792. The average Bonchev–Trinajstić information content (AvgIpc) is 2.16. The number of hydrogen-bond acceptors (Lipinski definition) is 7. The number of nitrogens with one attached hydrogen (secondary N) is 1. The van der Waals surface area contributed by atoms with Crippen molar-refractivity contribution in [1.82, 2.24) is 9.97 Å². The molecule has 0 aliphatic carbocycles. The number of esters is 1. The predicted molar refractivity (Wildman–Crippen MR) is 54.7 cm³/mol. The van der Waals surface area contributed by atoms with Crippen molar-refractivity contribution >= 4 is 23.3 Å². The first-order chi connectivity index (χ1) is 6.97. The first-order valence-electron chi connectivity index (χ1n) is 4.04. The molecular formula is C8H11N5O2. The fourth-order valence-electron chi connectivity index (χ4n) is 0.985. The van der Waals surface area contributed by atoms with Gasteiger partial charge in [0.25, 0.3) is 0 Å². The summed E-state index contributed by atoms with van der Waals surface area (Å²) in [6, 6.07) is 0. The van der Waals surface area contributed by atoms with E-state index in [2.05, 4.69) is 14.7 Å². The van der Waals surface area contributed by atoms with E-state index >= 15 is 0 Å². The number of nitrogen functional groups attached to an aromatic ring is 2. The van der Waals surface area contributed by atoms with Crippen molar-refractivity contribution in [2.45, 2.75) is 6.92 Å². The maximum absolute atomic E-state index is 11.2. The van der Waals surface area contributed by atoms with Gasteiger partial charge in [-0.25, -0.2) is 14.8 Å². The van der Waals surface area contributed by atoms with E-state index in [9.17, 15) is 4.79 Å². The Labute approximate surface area is 86.0 Å². The standard InChI is InChI=1S/C8H11N5O2/c1-3(9)4-6(10)13-7(11)5(12-4)8(14)15-2/h9H,1-2H3,(H4,10,11,13). The van der Waals surface area contributed by atoms with Crippen molar-refractivity contribution in [1.29, 1.82) is 5.41 Å². The van der Waals surface area contributed by atoms with E-state index in [1.807, 2.05) is 0 Å². The Balaban J connectivity index is 3.36. The van der Waals surface area contributed by atoms with Gasteiger partial charge in [0.05, 0.1) is 12.8 Å². The molecular weight excluding hydrogens is 198 g/mol. The number of anilines is 2. The summed E-state index contributed by atoms with van der Waals surface area (Å²) >= 11 is 0. The monoisotopic (exact) mass is 209 g/mol. The van der Waals surface area contributed by atoms with Crippen molar-refractivity contribution in [3.8, 4) is 0 Å². The Bertz CT molecular complexity index is 429. The van der Waals surface area contributed by atoms with Crippen LogP contribution in [0.2, 0.25) is 0 Å². The molecule has 0 amide bonds. The van der Waals surface area contributed by atoms with Gasteiger partial charge in [0.1, 0.15) is 5.69 Å². The van der Waals surface area contributed by atoms with Gasteiger partial charge in [-0.3, -0.25) is 0 Å². The molecule has 1 aromatic rings. The van der Waals surface area contributed by atoms with Crippen LogP contribution in [0.15, 0.2) is 0 Å². The number of nitrogens with two attached hydrogens (primary N) is 2. The Kier molecular flexibility index (Phi) is 2.84. The maximum atomic E-state index is 11.2. The molecule has 0 atom stereocenters. The van der Waals surface area contributed by atoms with Crippen LogP contribution in [0, 0.1) is 5.41 Å². The molecule has 0 spiro atoms. The highest BCUT2D eigenvalue weighted by Gasteiger charge is 2.17.